The van der Waals surface area contributed by atoms with E-state index in [0.717, 1.165) is 15.3 Å². The number of amides is 3. The van der Waals surface area contributed by atoms with E-state index in [2.05, 4.69) is 27.8 Å². The molecule has 0 saturated heterocycles. The van der Waals surface area contributed by atoms with Gasteiger partial charge in [-0.1, -0.05) is 17.9 Å². The molecule has 0 aliphatic carbocycles. The molecule has 3 rings (SSSR count). The first-order valence-electron chi connectivity index (χ1n) is 13.4. The standard InChI is InChI=1S/C30H36BrN3O7S/c1-19(2)33(15-14-32(29(39)41-30(3,4)5)12-7-9-21-10-8-16-42-21)26(35)27(36)34-13-11-20-17-24(40-6)23(31)18-22(20)25(34)28(37)38/h8,10,16-19,25H,11-15H2,1-6H3,(H,37,38). The molecule has 1 aromatic carbocycles. The average molecular weight is 663 g/mol. The molecule has 1 aliphatic heterocycles. The van der Waals surface area contributed by atoms with Crippen LogP contribution in [0.3, 0.4) is 0 Å². The minimum atomic E-state index is -1.34. The van der Waals surface area contributed by atoms with Gasteiger partial charge in [0.05, 0.1) is 23.0 Å². The van der Waals surface area contributed by atoms with Crippen molar-refractivity contribution in [1.82, 2.24) is 14.7 Å². The molecule has 10 nitrogen and oxygen atoms in total. The third kappa shape index (κ3) is 8.26. The van der Waals surface area contributed by atoms with Crippen LogP contribution in [0, 0.1) is 11.8 Å². The third-order valence-corrected chi connectivity index (χ3v) is 7.87. The Kier molecular flexibility index (Phi) is 11.0. The number of hydrogen-bond donors (Lipinski definition) is 1. The highest BCUT2D eigenvalue weighted by atomic mass is 79.9. The summed E-state index contributed by atoms with van der Waals surface area (Å²) in [6.07, 6.45) is -0.233. The first-order chi connectivity index (χ1) is 19.7. The lowest BCUT2D eigenvalue weighted by atomic mass is 9.92. The van der Waals surface area contributed by atoms with Crippen LogP contribution in [-0.4, -0.2) is 88.6 Å². The molecule has 1 aliphatic rings. The number of fused-ring (bicyclic) bond motifs is 1. The van der Waals surface area contributed by atoms with Crippen LogP contribution in [0.1, 0.15) is 56.7 Å². The van der Waals surface area contributed by atoms with Crippen LogP contribution in [0.5, 0.6) is 5.75 Å². The molecule has 226 valence electrons. The van der Waals surface area contributed by atoms with Gasteiger partial charge in [-0.25, -0.2) is 9.59 Å². The summed E-state index contributed by atoms with van der Waals surface area (Å²) in [5.74, 6) is 3.53. The van der Waals surface area contributed by atoms with Gasteiger partial charge < -0.3 is 24.4 Å². The number of thiophene rings is 1. The van der Waals surface area contributed by atoms with E-state index in [1.165, 1.54) is 28.2 Å². The van der Waals surface area contributed by atoms with Crippen molar-refractivity contribution in [3.63, 3.8) is 0 Å². The molecule has 1 atom stereocenters. The van der Waals surface area contributed by atoms with Crippen LogP contribution in [0.4, 0.5) is 4.79 Å². The number of halogens is 1. The molecule has 12 heteroatoms. The summed E-state index contributed by atoms with van der Waals surface area (Å²) in [5.41, 5.74) is 0.408. The van der Waals surface area contributed by atoms with Crippen LogP contribution in [-0.2, 0) is 25.5 Å². The van der Waals surface area contributed by atoms with Crippen LogP contribution in [0.15, 0.2) is 34.1 Å². The molecule has 3 amide bonds. The SMILES string of the molecule is COc1cc2c(cc1Br)C(C(=O)O)N(C(=O)C(=O)N(CCN(CC#Cc1cccs1)C(=O)OC(C)(C)C)C(C)C)CC2. The fourth-order valence-electron chi connectivity index (χ4n) is 4.46. The fraction of sp³-hybridized carbons (Fsp3) is 0.467. The van der Waals surface area contributed by atoms with Crippen molar-refractivity contribution < 1.29 is 33.8 Å². The summed E-state index contributed by atoms with van der Waals surface area (Å²) in [4.78, 5) is 57.1. The number of rotatable bonds is 7. The van der Waals surface area contributed by atoms with Crippen molar-refractivity contribution >= 4 is 51.1 Å². The van der Waals surface area contributed by atoms with Gasteiger partial charge in [0.2, 0.25) is 0 Å². The first-order valence-corrected chi connectivity index (χ1v) is 15.1. The zero-order valence-electron chi connectivity index (χ0n) is 24.6. The van der Waals surface area contributed by atoms with Gasteiger partial charge in [0.1, 0.15) is 11.4 Å². The highest BCUT2D eigenvalue weighted by Gasteiger charge is 2.40. The van der Waals surface area contributed by atoms with Gasteiger partial charge in [0.15, 0.2) is 6.04 Å². The van der Waals surface area contributed by atoms with Gasteiger partial charge >= 0.3 is 23.9 Å². The van der Waals surface area contributed by atoms with Crippen molar-refractivity contribution in [2.45, 2.75) is 58.7 Å². The van der Waals surface area contributed by atoms with E-state index in [-0.39, 0.29) is 26.2 Å². The number of carbonyl (C=O) groups is 4. The van der Waals surface area contributed by atoms with E-state index in [0.29, 0.717) is 22.2 Å². The van der Waals surface area contributed by atoms with Crippen LogP contribution < -0.4 is 4.74 Å². The minimum absolute atomic E-state index is 0.0209. The maximum atomic E-state index is 13.6. The summed E-state index contributed by atoms with van der Waals surface area (Å²) in [6, 6.07) is 5.37. The average Bonchev–Trinajstić information content (AvgIpc) is 3.42. The Morgan fingerprint density at radius 3 is 2.50 bits per heavy atom. The Bertz CT molecular complexity index is 1380. The Labute approximate surface area is 258 Å². The molecule has 0 saturated carbocycles. The Morgan fingerprint density at radius 2 is 1.93 bits per heavy atom. The molecule has 0 fully saturated rings. The predicted octanol–water partition coefficient (Wildman–Crippen LogP) is 4.56. The number of carboxylic acids is 1. The van der Waals surface area contributed by atoms with Crippen molar-refractivity contribution in [3.05, 3.63) is 50.1 Å². The molecule has 0 radical (unpaired) electrons. The quantitative estimate of drug-likeness (QED) is 0.342. The topological polar surface area (TPSA) is 117 Å². The second kappa shape index (κ2) is 14.1. The predicted molar refractivity (Wildman–Crippen MR) is 162 cm³/mol. The van der Waals surface area contributed by atoms with Gasteiger partial charge in [0.25, 0.3) is 0 Å². The van der Waals surface area contributed by atoms with Gasteiger partial charge in [0, 0.05) is 25.7 Å². The largest absolute Gasteiger partial charge is 0.496 e. The zero-order valence-corrected chi connectivity index (χ0v) is 27.0. The number of ether oxygens (including phenoxy) is 2. The van der Waals surface area contributed by atoms with E-state index in [9.17, 15) is 24.3 Å². The number of carbonyl (C=O) groups excluding carboxylic acids is 3. The normalized spacial score (nSPS) is 14.4. The molecule has 1 N–H and O–H groups in total. The summed E-state index contributed by atoms with van der Waals surface area (Å²) in [7, 11) is 1.51. The first kappa shape index (κ1) is 32.9. The number of methoxy groups -OCH3 is 1. The monoisotopic (exact) mass is 661 g/mol. The second-order valence-electron chi connectivity index (χ2n) is 10.9. The van der Waals surface area contributed by atoms with Crippen molar-refractivity contribution in [3.8, 4) is 17.6 Å². The van der Waals surface area contributed by atoms with E-state index in [1.54, 1.807) is 46.8 Å². The molecular weight excluding hydrogens is 626 g/mol. The Balaban J connectivity index is 1.81. The van der Waals surface area contributed by atoms with E-state index in [4.69, 9.17) is 9.47 Å². The van der Waals surface area contributed by atoms with Crippen molar-refractivity contribution in [2.24, 2.45) is 0 Å². The van der Waals surface area contributed by atoms with Crippen molar-refractivity contribution in [1.29, 1.82) is 0 Å². The minimum Gasteiger partial charge on any atom is -0.496 e. The van der Waals surface area contributed by atoms with Gasteiger partial charge in [-0.2, -0.15) is 0 Å². The van der Waals surface area contributed by atoms with Gasteiger partial charge in [-0.15, -0.1) is 11.3 Å². The molecule has 0 spiro atoms. The van der Waals surface area contributed by atoms with Gasteiger partial charge in [-0.05, 0) is 91.7 Å². The molecule has 0 bridgehead atoms. The molecule has 42 heavy (non-hydrogen) atoms. The molecule has 2 aromatic rings. The van der Waals surface area contributed by atoms with E-state index >= 15 is 0 Å². The summed E-state index contributed by atoms with van der Waals surface area (Å²) in [6.45, 7) is 8.97. The summed E-state index contributed by atoms with van der Waals surface area (Å²) in [5, 5.41) is 12.0. The van der Waals surface area contributed by atoms with Crippen LogP contribution in [0.25, 0.3) is 0 Å². The van der Waals surface area contributed by atoms with E-state index < -0.39 is 41.6 Å². The summed E-state index contributed by atoms with van der Waals surface area (Å²) >= 11 is 4.87. The fourth-order valence-corrected chi connectivity index (χ4v) is 5.58. The van der Waals surface area contributed by atoms with Crippen LogP contribution in [0.2, 0.25) is 0 Å². The Hall–Kier alpha value is -3.56. The molecule has 1 aromatic heterocycles. The maximum absolute atomic E-state index is 13.6. The lowest BCUT2D eigenvalue weighted by molar-refractivity contribution is -0.159. The van der Waals surface area contributed by atoms with Gasteiger partial charge in [-0.3, -0.25) is 14.5 Å². The maximum Gasteiger partial charge on any atom is 0.411 e. The molecular formula is C30H36BrN3O7S. The highest BCUT2D eigenvalue weighted by Crippen LogP contribution is 2.37. The number of carboxylic acid groups (broad SMARTS) is 1. The Morgan fingerprint density at radius 1 is 1.21 bits per heavy atom. The van der Waals surface area contributed by atoms with E-state index in [1.807, 2.05) is 17.5 Å². The highest BCUT2D eigenvalue weighted by molar-refractivity contribution is 9.10. The summed E-state index contributed by atoms with van der Waals surface area (Å²) < 4.78 is 11.4. The van der Waals surface area contributed by atoms with Crippen molar-refractivity contribution in [2.75, 3.05) is 33.3 Å². The lowest BCUT2D eigenvalue weighted by Gasteiger charge is -2.37. The number of nitrogens with zero attached hydrogens (tertiary/aromatic N) is 3. The number of aliphatic carboxylic acids is 1. The lowest BCUT2D eigenvalue weighted by Crippen LogP contribution is -2.53. The third-order valence-electron chi connectivity index (χ3n) is 6.47. The molecule has 1 unspecified atom stereocenters. The number of benzene rings is 1. The molecule has 2 heterocycles. The second-order valence-corrected chi connectivity index (χ2v) is 12.8. The number of hydrogen-bond acceptors (Lipinski definition) is 7. The smallest absolute Gasteiger partial charge is 0.411 e. The van der Waals surface area contributed by atoms with Crippen LogP contribution >= 0.6 is 27.3 Å². The zero-order chi connectivity index (χ0) is 31.2.